The maximum atomic E-state index is 11.9. The van der Waals surface area contributed by atoms with Gasteiger partial charge >= 0.3 is 0 Å². The fraction of sp³-hybridized carbons (Fsp3) is 0.100. The average Bonchev–Trinajstić information content (AvgIpc) is 3.06. The summed E-state index contributed by atoms with van der Waals surface area (Å²) in [5, 5.41) is 3.94. The van der Waals surface area contributed by atoms with Crippen LogP contribution in [0.1, 0.15) is 5.69 Å². The van der Waals surface area contributed by atoms with Crippen molar-refractivity contribution in [2.45, 2.75) is 0 Å². The summed E-state index contributed by atoms with van der Waals surface area (Å²) in [5.41, 5.74) is 5.36. The van der Waals surface area contributed by atoms with Crippen molar-refractivity contribution < 1.29 is 9.53 Å². The second kappa shape index (κ2) is 7.97. The predicted octanol–water partition coefficient (Wildman–Crippen LogP) is 3.22. The van der Waals surface area contributed by atoms with E-state index in [1.165, 1.54) is 0 Å². The molecule has 0 aliphatic rings. The van der Waals surface area contributed by atoms with E-state index in [1.54, 1.807) is 6.21 Å². The molecule has 1 aromatic heterocycles. The highest BCUT2D eigenvalue weighted by molar-refractivity contribution is 5.82. The van der Waals surface area contributed by atoms with Gasteiger partial charge < -0.3 is 9.30 Å². The SMILES string of the molecule is Cn1cccc1/C=N/NC(=O)COc1ccccc1-c1ccccc1. The molecule has 0 saturated carbocycles. The van der Waals surface area contributed by atoms with Crippen molar-refractivity contribution >= 4 is 12.1 Å². The summed E-state index contributed by atoms with van der Waals surface area (Å²) in [5.74, 6) is 0.351. The smallest absolute Gasteiger partial charge is 0.277 e. The van der Waals surface area contributed by atoms with Crippen LogP contribution < -0.4 is 10.2 Å². The maximum Gasteiger partial charge on any atom is 0.277 e. The second-order valence-corrected chi connectivity index (χ2v) is 5.49. The number of amides is 1. The van der Waals surface area contributed by atoms with E-state index in [0.29, 0.717) is 5.75 Å². The van der Waals surface area contributed by atoms with Crippen LogP contribution in [0, 0.1) is 0 Å². The molecule has 0 atom stereocenters. The molecule has 126 valence electrons. The Bertz CT molecular complexity index is 869. The van der Waals surface area contributed by atoms with Crippen molar-refractivity contribution in [3.05, 3.63) is 78.6 Å². The van der Waals surface area contributed by atoms with Gasteiger partial charge in [0.05, 0.1) is 11.9 Å². The van der Waals surface area contributed by atoms with Crippen LogP contribution in [0.3, 0.4) is 0 Å². The Balaban J connectivity index is 1.59. The van der Waals surface area contributed by atoms with Crippen LogP contribution in [0.2, 0.25) is 0 Å². The Kier molecular flexibility index (Phi) is 5.26. The van der Waals surface area contributed by atoms with E-state index in [4.69, 9.17) is 4.74 Å². The van der Waals surface area contributed by atoms with Crippen LogP contribution in [0.4, 0.5) is 0 Å². The number of nitrogens with one attached hydrogen (secondary N) is 1. The highest BCUT2D eigenvalue weighted by Crippen LogP contribution is 2.29. The largest absolute Gasteiger partial charge is 0.483 e. The van der Waals surface area contributed by atoms with Gasteiger partial charge in [0.1, 0.15) is 5.75 Å². The van der Waals surface area contributed by atoms with Gasteiger partial charge in [-0.3, -0.25) is 4.79 Å². The molecule has 1 amide bonds. The number of aryl methyl sites for hydroxylation is 1. The van der Waals surface area contributed by atoms with E-state index in [9.17, 15) is 4.79 Å². The first kappa shape index (κ1) is 16.5. The van der Waals surface area contributed by atoms with Gasteiger partial charge in [-0.05, 0) is 23.8 Å². The highest BCUT2D eigenvalue weighted by Gasteiger charge is 2.07. The molecule has 0 bridgehead atoms. The molecule has 0 fully saturated rings. The number of para-hydroxylation sites is 1. The minimum absolute atomic E-state index is 0.103. The zero-order chi connectivity index (χ0) is 17.5. The number of hydrogen-bond donors (Lipinski definition) is 1. The summed E-state index contributed by atoms with van der Waals surface area (Å²) >= 11 is 0. The van der Waals surface area contributed by atoms with Gasteiger partial charge in [-0.25, -0.2) is 5.43 Å². The van der Waals surface area contributed by atoms with Gasteiger partial charge in [0.2, 0.25) is 0 Å². The Hall–Kier alpha value is -3.34. The molecular formula is C20H19N3O2. The van der Waals surface area contributed by atoms with Gasteiger partial charge in [-0.2, -0.15) is 5.10 Å². The quantitative estimate of drug-likeness (QED) is 0.556. The number of rotatable bonds is 6. The maximum absolute atomic E-state index is 11.9. The predicted molar refractivity (Wildman–Crippen MR) is 98.5 cm³/mol. The Labute approximate surface area is 146 Å². The van der Waals surface area contributed by atoms with Crippen molar-refractivity contribution in [1.29, 1.82) is 0 Å². The molecule has 0 radical (unpaired) electrons. The van der Waals surface area contributed by atoms with Crippen LogP contribution in [0.15, 0.2) is 78.0 Å². The number of aromatic nitrogens is 1. The number of benzene rings is 2. The molecule has 2 aromatic carbocycles. The lowest BCUT2D eigenvalue weighted by molar-refractivity contribution is -0.123. The Morgan fingerprint density at radius 2 is 1.84 bits per heavy atom. The van der Waals surface area contributed by atoms with Crippen LogP contribution >= 0.6 is 0 Å². The Morgan fingerprint density at radius 3 is 2.60 bits per heavy atom. The zero-order valence-corrected chi connectivity index (χ0v) is 13.9. The van der Waals surface area contributed by atoms with Crippen LogP contribution in [0.25, 0.3) is 11.1 Å². The van der Waals surface area contributed by atoms with Gasteiger partial charge in [0.15, 0.2) is 6.61 Å². The van der Waals surface area contributed by atoms with Crippen LogP contribution in [-0.4, -0.2) is 23.3 Å². The molecule has 25 heavy (non-hydrogen) atoms. The fourth-order valence-corrected chi connectivity index (χ4v) is 2.40. The van der Waals surface area contributed by atoms with E-state index in [-0.39, 0.29) is 12.5 Å². The van der Waals surface area contributed by atoms with Gasteiger partial charge in [-0.15, -0.1) is 0 Å². The number of carbonyl (C=O) groups excluding carboxylic acids is 1. The molecule has 5 nitrogen and oxygen atoms in total. The van der Waals surface area contributed by atoms with E-state index in [1.807, 2.05) is 84.5 Å². The van der Waals surface area contributed by atoms with Gasteiger partial charge in [0, 0.05) is 18.8 Å². The van der Waals surface area contributed by atoms with Crippen molar-refractivity contribution in [2.75, 3.05) is 6.61 Å². The summed E-state index contributed by atoms with van der Waals surface area (Å²) in [6.45, 7) is -0.103. The second-order valence-electron chi connectivity index (χ2n) is 5.49. The number of hydrogen-bond acceptors (Lipinski definition) is 3. The van der Waals surface area contributed by atoms with E-state index in [2.05, 4.69) is 10.5 Å². The molecule has 0 unspecified atom stereocenters. The summed E-state index contributed by atoms with van der Waals surface area (Å²) in [6, 6.07) is 21.4. The molecule has 5 heteroatoms. The molecular weight excluding hydrogens is 314 g/mol. The third kappa shape index (κ3) is 4.35. The highest BCUT2D eigenvalue weighted by atomic mass is 16.5. The molecule has 0 spiro atoms. The van der Waals surface area contributed by atoms with Gasteiger partial charge in [-0.1, -0.05) is 48.5 Å². The lowest BCUT2D eigenvalue weighted by atomic mass is 10.1. The van der Waals surface area contributed by atoms with E-state index >= 15 is 0 Å². The number of ether oxygens (including phenoxy) is 1. The first-order valence-electron chi connectivity index (χ1n) is 7.94. The molecule has 3 aromatic rings. The van der Waals surface area contributed by atoms with E-state index in [0.717, 1.165) is 16.8 Å². The van der Waals surface area contributed by atoms with Crippen LogP contribution in [0.5, 0.6) is 5.75 Å². The minimum atomic E-state index is -0.312. The topological polar surface area (TPSA) is 55.6 Å². The van der Waals surface area contributed by atoms with Crippen molar-refractivity contribution in [3.63, 3.8) is 0 Å². The number of nitrogens with zero attached hydrogens (tertiary/aromatic N) is 2. The summed E-state index contributed by atoms with van der Waals surface area (Å²) in [7, 11) is 1.91. The summed E-state index contributed by atoms with van der Waals surface area (Å²) in [4.78, 5) is 11.9. The van der Waals surface area contributed by atoms with Crippen molar-refractivity contribution in [3.8, 4) is 16.9 Å². The van der Waals surface area contributed by atoms with E-state index < -0.39 is 0 Å². The standard InChI is InChI=1S/C20H19N3O2/c1-23-13-7-10-17(23)14-21-22-20(24)15-25-19-12-6-5-11-18(19)16-8-3-2-4-9-16/h2-14H,15H2,1H3,(H,22,24)/b21-14+. The van der Waals surface area contributed by atoms with Crippen molar-refractivity contribution in [1.82, 2.24) is 9.99 Å². The number of carbonyl (C=O) groups is 1. The first-order chi connectivity index (χ1) is 12.2. The van der Waals surface area contributed by atoms with Crippen LogP contribution in [-0.2, 0) is 11.8 Å². The lowest BCUT2D eigenvalue weighted by Gasteiger charge is -2.10. The normalized spacial score (nSPS) is 10.8. The molecule has 0 saturated heterocycles. The lowest BCUT2D eigenvalue weighted by Crippen LogP contribution is -2.24. The first-order valence-corrected chi connectivity index (χ1v) is 7.94. The fourth-order valence-electron chi connectivity index (χ4n) is 2.40. The Morgan fingerprint density at radius 1 is 1.08 bits per heavy atom. The number of hydrazone groups is 1. The summed E-state index contributed by atoms with van der Waals surface area (Å²) < 4.78 is 7.58. The summed E-state index contributed by atoms with van der Waals surface area (Å²) in [6.07, 6.45) is 3.50. The molecule has 0 aliphatic carbocycles. The average molecular weight is 333 g/mol. The van der Waals surface area contributed by atoms with Crippen molar-refractivity contribution in [2.24, 2.45) is 12.1 Å². The third-order valence-electron chi connectivity index (χ3n) is 3.70. The van der Waals surface area contributed by atoms with Gasteiger partial charge in [0.25, 0.3) is 5.91 Å². The minimum Gasteiger partial charge on any atom is -0.483 e. The molecule has 1 heterocycles. The molecule has 3 rings (SSSR count). The molecule has 0 aliphatic heterocycles. The monoisotopic (exact) mass is 333 g/mol. The zero-order valence-electron chi connectivity index (χ0n) is 13.9. The molecule has 1 N–H and O–H groups in total. The third-order valence-corrected chi connectivity index (χ3v) is 3.70.